The lowest BCUT2D eigenvalue weighted by atomic mass is 9.96. The van der Waals surface area contributed by atoms with Crippen molar-refractivity contribution in [1.29, 1.82) is 5.26 Å². The highest BCUT2D eigenvalue weighted by Crippen LogP contribution is 2.17. The van der Waals surface area contributed by atoms with Gasteiger partial charge in [0.25, 0.3) is 0 Å². The van der Waals surface area contributed by atoms with Crippen LogP contribution in [0.25, 0.3) is 0 Å². The van der Waals surface area contributed by atoms with Crippen LogP contribution in [0.15, 0.2) is 23.2 Å². The molecule has 0 aromatic heterocycles. The number of halogens is 2. The average Bonchev–Trinajstić information content (AvgIpc) is 2.47. The topological polar surface area (TPSA) is 74.2 Å². The third kappa shape index (κ3) is 5.50. The first-order chi connectivity index (χ1) is 9.69. The normalized spacial score (nSPS) is 15.9. The fraction of sp³-hybridized carbons (Fsp3) is 0.467. The number of hydrogen-bond donors (Lipinski definition) is 2. The number of benzene rings is 1. The summed E-state index contributed by atoms with van der Waals surface area (Å²) in [6.45, 7) is 0.146. The van der Waals surface area contributed by atoms with Gasteiger partial charge in [-0.1, -0.05) is 19.3 Å². The summed E-state index contributed by atoms with van der Waals surface area (Å²) in [5.74, 6) is -0.0168. The first-order valence-corrected chi connectivity index (χ1v) is 6.94. The average molecular weight is 402 g/mol. The number of nitriles is 1. The Morgan fingerprint density at radius 1 is 1.38 bits per heavy atom. The van der Waals surface area contributed by atoms with Crippen molar-refractivity contribution in [2.24, 2.45) is 10.7 Å². The van der Waals surface area contributed by atoms with Crippen LogP contribution < -0.4 is 11.1 Å². The zero-order chi connectivity index (χ0) is 14.4. The van der Waals surface area contributed by atoms with E-state index in [1.165, 1.54) is 37.5 Å². The summed E-state index contributed by atoms with van der Waals surface area (Å²) in [6, 6.07) is 6.61. The Hall–Kier alpha value is -1.36. The van der Waals surface area contributed by atoms with Crippen molar-refractivity contribution in [1.82, 2.24) is 5.32 Å². The second kappa shape index (κ2) is 8.82. The van der Waals surface area contributed by atoms with E-state index < -0.39 is 0 Å². The minimum atomic E-state index is -0.363. The molecule has 3 N–H and O–H groups in total. The fourth-order valence-corrected chi connectivity index (χ4v) is 2.44. The molecular formula is C15H20FIN4. The number of nitrogens with one attached hydrogen (secondary N) is 1. The molecule has 0 amide bonds. The Morgan fingerprint density at radius 3 is 2.76 bits per heavy atom. The molecule has 0 saturated heterocycles. The van der Waals surface area contributed by atoms with E-state index in [0.717, 1.165) is 12.8 Å². The molecule has 0 atom stereocenters. The minimum Gasteiger partial charge on any atom is -0.370 e. The highest BCUT2D eigenvalue weighted by atomic mass is 127. The van der Waals surface area contributed by atoms with Gasteiger partial charge in [-0.3, -0.25) is 0 Å². The van der Waals surface area contributed by atoms with Crippen molar-refractivity contribution in [2.45, 2.75) is 44.7 Å². The SMILES string of the molecule is I.N#Cc1ccc(F)c(CN=C(N)NC2CCCCC2)c1. The fourth-order valence-electron chi connectivity index (χ4n) is 2.44. The zero-order valence-corrected chi connectivity index (χ0v) is 14.1. The molecule has 1 fully saturated rings. The molecule has 6 heteroatoms. The predicted octanol–water partition coefficient (Wildman–Crippen LogP) is 3.05. The number of guanidine groups is 1. The van der Waals surface area contributed by atoms with Gasteiger partial charge in [-0.25, -0.2) is 9.38 Å². The summed E-state index contributed by atoms with van der Waals surface area (Å²) in [5, 5.41) is 12.0. The van der Waals surface area contributed by atoms with Crippen molar-refractivity contribution >= 4 is 29.9 Å². The monoisotopic (exact) mass is 402 g/mol. The lowest BCUT2D eigenvalue weighted by Gasteiger charge is -2.23. The summed E-state index contributed by atoms with van der Waals surface area (Å²) in [7, 11) is 0. The highest BCUT2D eigenvalue weighted by Gasteiger charge is 2.13. The molecule has 2 rings (SSSR count). The summed E-state index contributed by atoms with van der Waals surface area (Å²) < 4.78 is 13.6. The minimum absolute atomic E-state index is 0. The highest BCUT2D eigenvalue weighted by molar-refractivity contribution is 14.0. The van der Waals surface area contributed by atoms with Crippen LogP contribution >= 0.6 is 24.0 Å². The standard InChI is InChI=1S/C15H19FN4.HI/c16-14-7-6-11(9-17)8-12(14)10-19-15(18)20-13-4-2-1-3-5-13;/h6-8,13H,1-5,10H2,(H3,18,19,20);1H. The number of aliphatic imine (C=N–C) groups is 1. The lowest BCUT2D eigenvalue weighted by Crippen LogP contribution is -2.41. The maximum Gasteiger partial charge on any atom is 0.189 e. The van der Waals surface area contributed by atoms with Crippen LogP contribution in [0, 0.1) is 17.1 Å². The van der Waals surface area contributed by atoms with E-state index in [9.17, 15) is 4.39 Å². The van der Waals surface area contributed by atoms with Crippen molar-refractivity contribution in [2.75, 3.05) is 0 Å². The Bertz CT molecular complexity index is 533. The maximum absolute atomic E-state index is 13.6. The van der Waals surface area contributed by atoms with E-state index in [-0.39, 0.29) is 36.3 Å². The molecule has 4 nitrogen and oxygen atoms in total. The Labute approximate surface area is 141 Å². The van der Waals surface area contributed by atoms with Gasteiger partial charge >= 0.3 is 0 Å². The number of nitrogens with zero attached hydrogens (tertiary/aromatic N) is 2. The molecule has 0 aliphatic heterocycles. The van der Waals surface area contributed by atoms with Crippen LogP contribution in [-0.2, 0) is 6.54 Å². The van der Waals surface area contributed by atoms with Crippen LogP contribution in [0.5, 0.6) is 0 Å². The second-order valence-electron chi connectivity index (χ2n) is 5.10. The Kier molecular flexibility index (Phi) is 7.43. The van der Waals surface area contributed by atoms with Crippen LogP contribution in [0.2, 0.25) is 0 Å². The van der Waals surface area contributed by atoms with Gasteiger partial charge in [0.2, 0.25) is 0 Å². The summed E-state index contributed by atoms with van der Waals surface area (Å²) in [5.41, 5.74) is 6.64. The lowest BCUT2D eigenvalue weighted by molar-refractivity contribution is 0.412. The van der Waals surface area contributed by atoms with Crippen molar-refractivity contribution < 1.29 is 4.39 Å². The molecule has 0 bridgehead atoms. The van der Waals surface area contributed by atoms with E-state index in [2.05, 4.69) is 10.3 Å². The van der Waals surface area contributed by atoms with E-state index in [4.69, 9.17) is 11.0 Å². The third-order valence-corrected chi connectivity index (χ3v) is 3.55. The second-order valence-corrected chi connectivity index (χ2v) is 5.10. The van der Waals surface area contributed by atoms with Crippen LogP contribution in [0.1, 0.15) is 43.2 Å². The van der Waals surface area contributed by atoms with E-state index in [0.29, 0.717) is 23.1 Å². The van der Waals surface area contributed by atoms with E-state index >= 15 is 0 Å². The molecule has 1 aromatic carbocycles. The molecule has 0 heterocycles. The molecule has 1 aliphatic carbocycles. The summed E-state index contributed by atoms with van der Waals surface area (Å²) >= 11 is 0. The van der Waals surface area contributed by atoms with E-state index in [1.807, 2.05) is 6.07 Å². The molecule has 1 aromatic rings. The quantitative estimate of drug-likeness (QED) is 0.464. The molecule has 1 saturated carbocycles. The number of nitrogens with two attached hydrogens (primary N) is 1. The van der Waals surface area contributed by atoms with Crippen LogP contribution in [-0.4, -0.2) is 12.0 Å². The van der Waals surface area contributed by atoms with Gasteiger partial charge in [0, 0.05) is 11.6 Å². The van der Waals surface area contributed by atoms with Gasteiger partial charge in [-0.2, -0.15) is 5.26 Å². The third-order valence-electron chi connectivity index (χ3n) is 3.55. The van der Waals surface area contributed by atoms with Crippen molar-refractivity contribution in [3.8, 4) is 6.07 Å². The molecule has 0 spiro atoms. The molecule has 0 radical (unpaired) electrons. The van der Waals surface area contributed by atoms with E-state index in [1.54, 1.807) is 0 Å². The maximum atomic E-state index is 13.6. The Morgan fingerprint density at radius 2 is 2.10 bits per heavy atom. The van der Waals surface area contributed by atoms with Gasteiger partial charge in [-0.15, -0.1) is 24.0 Å². The molecule has 0 unspecified atom stereocenters. The molecule has 1 aliphatic rings. The predicted molar refractivity (Wildman–Crippen MR) is 91.9 cm³/mol. The van der Waals surface area contributed by atoms with Gasteiger partial charge in [0.1, 0.15) is 5.82 Å². The molecular weight excluding hydrogens is 382 g/mol. The first-order valence-electron chi connectivity index (χ1n) is 6.94. The molecule has 21 heavy (non-hydrogen) atoms. The van der Waals surface area contributed by atoms with Crippen LogP contribution in [0.3, 0.4) is 0 Å². The largest absolute Gasteiger partial charge is 0.370 e. The van der Waals surface area contributed by atoms with Gasteiger partial charge in [0.15, 0.2) is 5.96 Å². The van der Waals surface area contributed by atoms with Gasteiger partial charge in [-0.05, 0) is 31.0 Å². The van der Waals surface area contributed by atoms with Crippen LogP contribution in [0.4, 0.5) is 4.39 Å². The first kappa shape index (κ1) is 17.7. The summed E-state index contributed by atoms with van der Waals surface area (Å²) in [4.78, 5) is 4.16. The Balaban J connectivity index is 0.00000220. The molecule has 114 valence electrons. The number of hydrogen-bond acceptors (Lipinski definition) is 2. The van der Waals surface area contributed by atoms with Crippen molar-refractivity contribution in [3.63, 3.8) is 0 Å². The van der Waals surface area contributed by atoms with Gasteiger partial charge < -0.3 is 11.1 Å². The summed E-state index contributed by atoms with van der Waals surface area (Å²) in [6.07, 6.45) is 5.91. The smallest absolute Gasteiger partial charge is 0.189 e. The van der Waals surface area contributed by atoms with Crippen molar-refractivity contribution in [3.05, 3.63) is 35.1 Å². The van der Waals surface area contributed by atoms with Gasteiger partial charge in [0.05, 0.1) is 18.2 Å². The zero-order valence-electron chi connectivity index (χ0n) is 11.8. The number of rotatable bonds is 3.